The van der Waals surface area contributed by atoms with Crippen molar-refractivity contribution in [1.82, 2.24) is 0 Å². The first-order valence-corrected chi connectivity index (χ1v) is 5.32. The molecule has 1 aromatic rings. The average Bonchev–Trinajstić information content (AvgIpc) is 2.21. The highest BCUT2D eigenvalue weighted by atomic mass is 19.4. The van der Waals surface area contributed by atoms with Gasteiger partial charge in [-0.1, -0.05) is 0 Å². The monoisotopic (exact) mass is 300 g/mol. The summed E-state index contributed by atoms with van der Waals surface area (Å²) in [4.78, 5) is 11.5. The Labute approximate surface area is 110 Å². The van der Waals surface area contributed by atoms with Crippen LogP contribution in [0.25, 0.3) is 0 Å². The van der Waals surface area contributed by atoms with E-state index < -0.39 is 46.3 Å². The Morgan fingerprint density at radius 3 is 1.90 bits per heavy atom. The van der Waals surface area contributed by atoms with E-state index in [0.29, 0.717) is 0 Å². The Kier molecular flexibility index (Phi) is 4.07. The molecule has 0 aliphatic carbocycles. The number of carbonyl (C=O) groups is 1. The smallest absolute Gasteiger partial charge is 0.419 e. The number of halogens is 6. The van der Waals surface area contributed by atoms with Gasteiger partial charge in [0, 0.05) is 0 Å². The standard InChI is InChI=1S/C12H10F6O2/c1-11(2,3)20-10(19)5-4-6(12(16,17)18)8(14)9(15)7(5)13/h4H,1-3H3. The summed E-state index contributed by atoms with van der Waals surface area (Å²) >= 11 is 0. The molecule has 1 rings (SSSR count). The minimum absolute atomic E-state index is 0.109. The number of carbonyl (C=O) groups excluding carboxylic acids is 1. The number of hydrogen-bond donors (Lipinski definition) is 0. The molecule has 0 spiro atoms. The lowest BCUT2D eigenvalue weighted by molar-refractivity contribution is -0.140. The van der Waals surface area contributed by atoms with Gasteiger partial charge in [0.15, 0.2) is 17.5 Å². The molecule has 2 nitrogen and oxygen atoms in total. The first-order valence-electron chi connectivity index (χ1n) is 5.32. The summed E-state index contributed by atoms with van der Waals surface area (Å²) in [5.41, 5.74) is -4.52. The molecule has 20 heavy (non-hydrogen) atoms. The van der Waals surface area contributed by atoms with Crippen LogP contribution >= 0.6 is 0 Å². The molecule has 0 aliphatic heterocycles. The Hall–Kier alpha value is -1.73. The summed E-state index contributed by atoms with van der Waals surface area (Å²) in [6.07, 6.45) is -5.27. The SMILES string of the molecule is CC(C)(C)OC(=O)c1cc(C(F)(F)F)c(F)c(F)c1F. The largest absolute Gasteiger partial charge is 0.456 e. The minimum Gasteiger partial charge on any atom is -0.456 e. The first-order chi connectivity index (χ1) is 8.84. The van der Waals surface area contributed by atoms with Gasteiger partial charge in [0.1, 0.15) is 5.60 Å². The van der Waals surface area contributed by atoms with E-state index in [1.165, 1.54) is 20.8 Å². The number of esters is 1. The molecular weight excluding hydrogens is 290 g/mol. The highest BCUT2D eigenvalue weighted by Crippen LogP contribution is 2.34. The predicted molar refractivity (Wildman–Crippen MR) is 56.5 cm³/mol. The van der Waals surface area contributed by atoms with Crippen molar-refractivity contribution in [3.63, 3.8) is 0 Å². The molecule has 0 saturated heterocycles. The van der Waals surface area contributed by atoms with E-state index in [4.69, 9.17) is 0 Å². The number of alkyl halides is 3. The van der Waals surface area contributed by atoms with E-state index in [2.05, 4.69) is 4.74 Å². The Bertz CT molecular complexity index is 542. The van der Waals surface area contributed by atoms with Crippen LogP contribution < -0.4 is 0 Å². The molecule has 0 amide bonds. The summed E-state index contributed by atoms with van der Waals surface area (Å²) in [6, 6.07) is -0.109. The summed E-state index contributed by atoms with van der Waals surface area (Å²) < 4.78 is 81.6. The van der Waals surface area contributed by atoms with E-state index in [9.17, 15) is 31.1 Å². The summed E-state index contributed by atoms with van der Waals surface area (Å²) in [6.45, 7) is 4.15. The molecule has 0 atom stereocenters. The maximum Gasteiger partial charge on any atom is 0.419 e. The van der Waals surface area contributed by atoms with Gasteiger partial charge in [0.05, 0.1) is 11.1 Å². The number of benzene rings is 1. The molecule has 8 heteroatoms. The van der Waals surface area contributed by atoms with Crippen LogP contribution in [-0.2, 0) is 10.9 Å². The van der Waals surface area contributed by atoms with Crippen LogP contribution in [-0.4, -0.2) is 11.6 Å². The molecule has 112 valence electrons. The van der Waals surface area contributed by atoms with Crippen molar-refractivity contribution in [2.75, 3.05) is 0 Å². The second-order valence-electron chi connectivity index (χ2n) is 4.91. The van der Waals surface area contributed by atoms with Gasteiger partial charge in [-0.15, -0.1) is 0 Å². The predicted octanol–water partition coefficient (Wildman–Crippen LogP) is 4.08. The summed E-state index contributed by atoms with van der Waals surface area (Å²) in [5, 5.41) is 0. The highest BCUT2D eigenvalue weighted by Gasteiger charge is 2.39. The maximum absolute atomic E-state index is 13.4. The van der Waals surface area contributed by atoms with Crippen molar-refractivity contribution in [2.24, 2.45) is 0 Å². The number of ether oxygens (including phenoxy) is 1. The quantitative estimate of drug-likeness (QED) is 0.444. The second-order valence-corrected chi connectivity index (χ2v) is 4.91. The van der Waals surface area contributed by atoms with Gasteiger partial charge in [-0.2, -0.15) is 13.2 Å². The second kappa shape index (κ2) is 4.99. The topological polar surface area (TPSA) is 26.3 Å². The molecule has 0 N–H and O–H groups in total. The van der Waals surface area contributed by atoms with Gasteiger partial charge >= 0.3 is 12.1 Å². The lowest BCUT2D eigenvalue weighted by atomic mass is 10.1. The summed E-state index contributed by atoms with van der Waals surface area (Å²) in [5.74, 6) is -8.31. The van der Waals surface area contributed by atoms with Gasteiger partial charge in [-0.25, -0.2) is 18.0 Å². The number of hydrogen-bond acceptors (Lipinski definition) is 2. The van der Waals surface area contributed by atoms with Crippen molar-refractivity contribution in [2.45, 2.75) is 32.5 Å². The molecule has 0 bridgehead atoms. The van der Waals surface area contributed by atoms with E-state index >= 15 is 0 Å². The van der Waals surface area contributed by atoms with Crippen molar-refractivity contribution < 1.29 is 35.9 Å². The zero-order valence-corrected chi connectivity index (χ0v) is 10.7. The van der Waals surface area contributed by atoms with Crippen molar-refractivity contribution in [3.8, 4) is 0 Å². The van der Waals surface area contributed by atoms with Crippen LogP contribution in [0.1, 0.15) is 36.7 Å². The normalized spacial score (nSPS) is 12.4. The number of rotatable bonds is 1. The Balaban J connectivity index is 3.42. The molecule has 0 unspecified atom stereocenters. The Morgan fingerprint density at radius 2 is 1.50 bits per heavy atom. The maximum atomic E-state index is 13.4. The molecule has 0 aliphatic rings. The van der Waals surface area contributed by atoms with Crippen molar-refractivity contribution in [1.29, 1.82) is 0 Å². The first kappa shape index (κ1) is 16.3. The molecule has 0 saturated carbocycles. The van der Waals surface area contributed by atoms with E-state index in [1.54, 1.807) is 0 Å². The van der Waals surface area contributed by atoms with Crippen LogP contribution in [0.3, 0.4) is 0 Å². The molecular formula is C12H10F6O2. The highest BCUT2D eigenvalue weighted by molar-refractivity contribution is 5.90. The van der Waals surface area contributed by atoms with Gasteiger partial charge in [0.2, 0.25) is 0 Å². The molecule has 0 aromatic heterocycles. The fourth-order valence-corrected chi connectivity index (χ4v) is 1.29. The molecule has 1 aromatic carbocycles. The fourth-order valence-electron chi connectivity index (χ4n) is 1.29. The van der Waals surface area contributed by atoms with E-state index in [0.717, 1.165) is 0 Å². The lowest BCUT2D eigenvalue weighted by Gasteiger charge is -2.20. The third kappa shape index (κ3) is 3.43. The van der Waals surface area contributed by atoms with Gasteiger partial charge in [0.25, 0.3) is 0 Å². The van der Waals surface area contributed by atoms with Crippen molar-refractivity contribution in [3.05, 3.63) is 34.6 Å². The van der Waals surface area contributed by atoms with E-state index in [1.807, 2.05) is 0 Å². The minimum atomic E-state index is -5.27. The third-order valence-corrected chi connectivity index (χ3v) is 2.07. The van der Waals surface area contributed by atoms with Gasteiger partial charge < -0.3 is 4.74 Å². The summed E-state index contributed by atoms with van der Waals surface area (Å²) in [7, 11) is 0. The van der Waals surface area contributed by atoms with Crippen LogP contribution in [0.2, 0.25) is 0 Å². The van der Waals surface area contributed by atoms with Crippen LogP contribution in [0.15, 0.2) is 6.07 Å². The molecule has 0 heterocycles. The van der Waals surface area contributed by atoms with Crippen LogP contribution in [0.4, 0.5) is 26.3 Å². The zero-order chi connectivity index (χ0) is 15.9. The van der Waals surface area contributed by atoms with Crippen LogP contribution in [0.5, 0.6) is 0 Å². The van der Waals surface area contributed by atoms with Crippen LogP contribution in [0, 0.1) is 17.5 Å². The lowest BCUT2D eigenvalue weighted by Crippen LogP contribution is -2.25. The zero-order valence-electron chi connectivity index (χ0n) is 10.7. The van der Waals surface area contributed by atoms with E-state index in [-0.39, 0.29) is 6.07 Å². The van der Waals surface area contributed by atoms with Crippen molar-refractivity contribution >= 4 is 5.97 Å². The fraction of sp³-hybridized carbons (Fsp3) is 0.417. The van der Waals surface area contributed by atoms with Gasteiger partial charge in [-0.05, 0) is 26.8 Å². The third-order valence-electron chi connectivity index (χ3n) is 2.07. The molecule has 0 radical (unpaired) electrons. The van der Waals surface area contributed by atoms with Gasteiger partial charge in [-0.3, -0.25) is 0 Å². The molecule has 0 fully saturated rings. The average molecular weight is 300 g/mol. The Morgan fingerprint density at radius 1 is 1.00 bits per heavy atom.